The molecule has 0 aliphatic heterocycles. The van der Waals surface area contributed by atoms with Crippen LogP contribution in [0.15, 0.2) is 95.6 Å². The van der Waals surface area contributed by atoms with Crippen molar-refractivity contribution in [2.24, 2.45) is 0 Å². The molecule has 0 unspecified atom stereocenters. The predicted octanol–water partition coefficient (Wildman–Crippen LogP) is 10.3. The molecule has 0 atom stereocenters. The van der Waals surface area contributed by atoms with E-state index in [0.29, 0.717) is 12.3 Å². The summed E-state index contributed by atoms with van der Waals surface area (Å²) in [6.07, 6.45) is 2.18. The number of amides is 3. The highest BCUT2D eigenvalue weighted by molar-refractivity contribution is 5.89. The summed E-state index contributed by atoms with van der Waals surface area (Å²) in [5.41, 5.74) is 2.80. The molecule has 0 spiro atoms. The van der Waals surface area contributed by atoms with Crippen LogP contribution in [0.25, 0.3) is 11.1 Å². The second kappa shape index (κ2) is 15.0. The summed E-state index contributed by atoms with van der Waals surface area (Å²) in [6.45, 7) is 6.56. The van der Waals surface area contributed by atoms with Crippen LogP contribution in [-0.2, 0) is 30.5 Å². The number of nitrogens with one attached hydrogen (secondary N) is 1. The number of nitrogens with zero attached hydrogens (tertiary/aromatic N) is 2. The van der Waals surface area contributed by atoms with Crippen molar-refractivity contribution in [1.82, 2.24) is 9.80 Å². The lowest BCUT2D eigenvalue weighted by Gasteiger charge is -2.35. The fourth-order valence-corrected chi connectivity index (χ4v) is 5.81. The maximum atomic E-state index is 13.3. The van der Waals surface area contributed by atoms with Crippen molar-refractivity contribution in [2.75, 3.05) is 5.32 Å². The molecular formula is C38H42F3N3O4. The summed E-state index contributed by atoms with van der Waals surface area (Å²) in [6, 6.07) is 23.5. The molecule has 1 heterocycles. The van der Waals surface area contributed by atoms with Gasteiger partial charge in [0.2, 0.25) is 0 Å². The molecule has 7 nitrogen and oxygen atoms in total. The van der Waals surface area contributed by atoms with Gasteiger partial charge in [0.25, 0.3) is 0 Å². The molecule has 1 aliphatic rings. The molecule has 254 valence electrons. The number of halogens is 3. The Morgan fingerprint density at radius 2 is 1.38 bits per heavy atom. The molecular weight excluding hydrogens is 619 g/mol. The molecule has 1 aromatic heterocycles. The van der Waals surface area contributed by atoms with Crippen LogP contribution in [0.5, 0.6) is 0 Å². The van der Waals surface area contributed by atoms with Crippen LogP contribution in [0.2, 0.25) is 0 Å². The van der Waals surface area contributed by atoms with Gasteiger partial charge >= 0.3 is 18.3 Å². The second-order valence-corrected chi connectivity index (χ2v) is 13.2. The molecule has 10 heteroatoms. The lowest BCUT2D eigenvalue weighted by molar-refractivity contribution is -0.137. The van der Waals surface area contributed by atoms with E-state index in [1.165, 1.54) is 29.7 Å². The Morgan fingerprint density at radius 1 is 0.792 bits per heavy atom. The van der Waals surface area contributed by atoms with E-state index in [9.17, 15) is 22.8 Å². The average molecular weight is 662 g/mol. The summed E-state index contributed by atoms with van der Waals surface area (Å²) in [4.78, 5) is 29.8. The molecule has 0 radical (unpaired) electrons. The van der Waals surface area contributed by atoms with Crippen molar-refractivity contribution in [3.8, 4) is 11.1 Å². The number of benzene rings is 3. The fourth-order valence-electron chi connectivity index (χ4n) is 5.81. The van der Waals surface area contributed by atoms with Crippen molar-refractivity contribution < 1.29 is 31.9 Å². The van der Waals surface area contributed by atoms with E-state index in [1.54, 1.807) is 12.1 Å². The molecule has 0 saturated heterocycles. The first-order valence-electron chi connectivity index (χ1n) is 16.3. The quantitative estimate of drug-likeness (QED) is 0.194. The van der Waals surface area contributed by atoms with E-state index >= 15 is 0 Å². The number of ether oxygens (including phenoxy) is 1. The number of carbonyl (C=O) groups is 2. The molecule has 48 heavy (non-hydrogen) atoms. The van der Waals surface area contributed by atoms with E-state index in [2.05, 4.69) is 5.32 Å². The zero-order valence-corrected chi connectivity index (χ0v) is 27.6. The molecule has 3 aromatic carbocycles. The van der Waals surface area contributed by atoms with Gasteiger partial charge in [-0.15, -0.1) is 0 Å². The standard InChI is InChI=1S/C38H42F3N3O4/c1-37(2,3)48-36(46)44(33-8-5-4-6-9-33)25-28-13-17-30(18-14-28)29-15-11-27(12-16-29)24-43(26-34-10-7-23-47-34)35(45)42-32-21-19-31(20-22-32)38(39,40)41/h7,10-23,33H,4-6,8-9,24-26H2,1-3H3,(H,42,45). The minimum absolute atomic E-state index is 0.170. The first kappa shape index (κ1) is 34.6. The molecule has 1 fully saturated rings. The number of urea groups is 1. The highest BCUT2D eigenvalue weighted by Crippen LogP contribution is 2.30. The Bertz CT molecular complexity index is 1620. The van der Waals surface area contributed by atoms with Gasteiger partial charge in [-0.1, -0.05) is 67.8 Å². The normalized spacial score (nSPS) is 14.0. The molecule has 4 aromatic rings. The monoisotopic (exact) mass is 661 g/mol. The number of rotatable bonds is 9. The first-order chi connectivity index (χ1) is 22.8. The van der Waals surface area contributed by atoms with Crippen molar-refractivity contribution >= 4 is 17.8 Å². The summed E-state index contributed by atoms with van der Waals surface area (Å²) in [5.74, 6) is 0.572. The van der Waals surface area contributed by atoms with Crippen molar-refractivity contribution in [3.63, 3.8) is 0 Å². The minimum atomic E-state index is -4.46. The highest BCUT2D eigenvalue weighted by Gasteiger charge is 2.31. The molecule has 3 amide bonds. The van der Waals surface area contributed by atoms with Crippen LogP contribution < -0.4 is 5.32 Å². The van der Waals surface area contributed by atoms with E-state index in [-0.39, 0.29) is 30.9 Å². The summed E-state index contributed by atoms with van der Waals surface area (Å²) >= 11 is 0. The fraction of sp³-hybridized carbons (Fsp3) is 0.368. The SMILES string of the molecule is CC(C)(C)OC(=O)N(Cc1ccc(-c2ccc(CN(Cc3ccco3)C(=O)Nc3ccc(C(F)(F)F)cc3)cc2)cc1)C1CCCCC1. The third kappa shape index (κ3) is 9.65. The van der Waals surface area contributed by atoms with E-state index in [4.69, 9.17) is 9.15 Å². The largest absolute Gasteiger partial charge is 0.467 e. The van der Waals surface area contributed by atoms with Crippen LogP contribution in [-0.4, -0.2) is 33.6 Å². The predicted molar refractivity (Wildman–Crippen MR) is 179 cm³/mol. The average Bonchev–Trinajstić information content (AvgIpc) is 3.57. The van der Waals surface area contributed by atoms with Gasteiger partial charge in [-0.25, -0.2) is 9.59 Å². The smallest absolute Gasteiger partial charge is 0.416 e. The molecule has 0 bridgehead atoms. The molecule has 1 saturated carbocycles. The highest BCUT2D eigenvalue weighted by atomic mass is 19.4. The third-order valence-electron chi connectivity index (χ3n) is 8.29. The zero-order valence-electron chi connectivity index (χ0n) is 27.6. The number of carbonyl (C=O) groups excluding carboxylic acids is 2. The molecule has 5 rings (SSSR count). The van der Waals surface area contributed by atoms with Gasteiger partial charge in [0.1, 0.15) is 11.4 Å². The Kier molecular flexibility index (Phi) is 10.8. The zero-order chi connectivity index (χ0) is 34.3. The van der Waals surface area contributed by atoms with Crippen LogP contribution >= 0.6 is 0 Å². The van der Waals surface area contributed by atoms with Crippen LogP contribution in [0, 0.1) is 0 Å². The van der Waals surface area contributed by atoms with E-state index in [1.807, 2.05) is 74.2 Å². The van der Waals surface area contributed by atoms with E-state index < -0.39 is 23.4 Å². The van der Waals surface area contributed by atoms with Gasteiger partial charge in [0.15, 0.2) is 0 Å². The Hall–Kier alpha value is -4.73. The van der Waals surface area contributed by atoms with Crippen molar-refractivity contribution in [3.05, 3.63) is 114 Å². The maximum Gasteiger partial charge on any atom is 0.416 e. The maximum absolute atomic E-state index is 13.3. The van der Waals surface area contributed by atoms with Gasteiger partial charge in [0.05, 0.1) is 18.4 Å². The number of furan rings is 1. The van der Waals surface area contributed by atoms with Gasteiger partial charge in [-0.2, -0.15) is 13.2 Å². The Balaban J connectivity index is 1.25. The second-order valence-electron chi connectivity index (χ2n) is 13.2. The molecule has 1 aliphatic carbocycles. The van der Waals surface area contributed by atoms with Crippen LogP contribution in [0.3, 0.4) is 0 Å². The first-order valence-corrected chi connectivity index (χ1v) is 16.3. The number of hydrogen-bond acceptors (Lipinski definition) is 4. The summed E-state index contributed by atoms with van der Waals surface area (Å²) in [5, 5.41) is 2.69. The third-order valence-corrected chi connectivity index (χ3v) is 8.29. The number of anilines is 1. The van der Waals surface area contributed by atoms with E-state index in [0.717, 1.165) is 60.1 Å². The lowest BCUT2D eigenvalue weighted by Crippen LogP contribution is -2.43. The number of alkyl halides is 3. The topological polar surface area (TPSA) is 75.0 Å². The van der Waals surface area contributed by atoms with Gasteiger partial charge in [0, 0.05) is 24.8 Å². The lowest BCUT2D eigenvalue weighted by atomic mass is 9.94. The number of hydrogen-bond donors (Lipinski definition) is 1. The summed E-state index contributed by atoms with van der Waals surface area (Å²) in [7, 11) is 0. The van der Waals surface area contributed by atoms with Gasteiger partial charge in [-0.05, 0) is 92.3 Å². The minimum Gasteiger partial charge on any atom is -0.467 e. The summed E-state index contributed by atoms with van der Waals surface area (Å²) < 4.78 is 50.2. The van der Waals surface area contributed by atoms with Crippen molar-refractivity contribution in [1.29, 1.82) is 0 Å². The Morgan fingerprint density at radius 3 is 1.90 bits per heavy atom. The Labute approximate surface area is 279 Å². The van der Waals surface area contributed by atoms with Gasteiger partial charge < -0.3 is 24.3 Å². The van der Waals surface area contributed by atoms with Crippen LogP contribution in [0.4, 0.5) is 28.4 Å². The van der Waals surface area contributed by atoms with Crippen molar-refractivity contribution in [2.45, 2.75) is 90.3 Å². The molecule has 1 N–H and O–H groups in total. The van der Waals surface area contributed by atoms with Crippen LogP contribution in [0.1, 0.15) is 75.3 Å². The van der Waals surface area contributed by atoms with Gasteiger partial charge in [-0.3, -0.25) is 0 Å².